The summed E-state index contributed by atoms with van der Waals surface area (Å²) in [5, 5.41) is 0. The Labute approximate surface area is 130 Å². The van der Waals surface area contributed by atoms with E-state index in [9.17, 15) is 0 Å². The van der Waals surface area contributed by atoms with E-state index in [0.29, 0.717) is 12.0 Å². The Morgan fingerprint density at radius 1 is 1.19 bits per heavy atom. The van der Waals surface area contributed by atoms with Gasteiger partial charge in [-0.25, -0.2) is 0 Å². The molecule has 0 radical (unpaired) electrons. The summed E-state index contributed by atoms with van der Waals surface area (Å²) < 4.78 is 5.79. The highest BCUT2D eigenvalue weighted by Gasteiger charge is 2.39. The highest BCUT2D eigenvalue weighted by molar-refractivity contribution is 5.39. The van der Waals surface area contributed by atoms with Gasteiger partial charge in [0, 0.05) is 11.1 Å². The van der Waals surface area contributed by atoms with E-state index >= 15 is 0 Å². The van der Waals surface area contributed by atoms with Crippen molar-refractivity contribution < 1.29 is 4.74 Å². The van der Waals surface area contributed by atoms with Gasteiger partial charge in [0.2, 0.25) is 0 Å². The number of para-hydroxylation sites is 1. The Bertz CT molecular complexity index is 458. The third-order valence-electron chi connectivity index (χ3n) is 5.62. The van der Waals surface area contributed by atoms with E-state index in [2.05, 4.69) is 39.0 Å². The van der Waals surface area contributed by atoms with Gasteiger partial charge >= 0.3 is 0 Å². The van der Waals surface area contributed by atoms with Crippen LogP contribution in [0, 0.1) is 11.3 Å². The largest absolute Gasteiger partial charge is 0.494 e. The van der Waals surface area contributed by atoms with Crippen LogP contribution in [0.5, 0.6) is 5.75 Å². The number of hydrogen-bond donors (Lipinski definition) is 1. The smallest absolute Gasteiger partial charge is 0.124 e. The van der Waals surface area contributed by atoms with Crippen molar-refractivity contribution in [2.75, 3.05) is 6.61 Å². The van der Waals surface area contributed by atoms with Crippen LogP contribution < -0.4 is 10.5 Å². The Kier molecular flexibility index (Phi) is 4.98. The molecule has 0 amide bonds. The average molecular weight is 289 g/mol. The second-order valence-electron chi connectivity index (χ2n) is 7.20. The molecule has 1 aliphatic carbocycles. The van der Waals surface area contributed by atoms with Crippen LogP contribution in [0.15, 0.2) is 24.3 Å². The third-order valence-corrected chi connectivity index (χ3v) is 5.62. The molecule has 1 saturated carbocycles. The van der Waals surface area contributed by atoms with Crippen LogP contribution >= 0.6 is 0 Å². The Morgan fingerprint density at radius 3 is 2.38 bits per heavy atom. The molecule has 0 saturated heterocycles. The van der Waals surface area contributed by atoms with E-state index in [-0.39, 0.29) is 5.54 Å². The molecule has 21 heavy (non-hydrogen) atoms. The van der Waals surface area contributed by atoms with Crippen LogP contribution in [0.1, 0.15) is 65.4 Å². The molecule has 0 unspecified atom stereocenters. The minimum atomic E-state index is -0.216. The number of hydrogen-bond acceptors (Lipinski definition) is 2. The van der Waals surface area contributed by atoms with Crippen LogP contribution in [-0.2, 0) is 5.54 Å². The van der Waals surface area contributed by atoms with Crippen molar-refractivity contribution in [2.24, 2.45) is 17.1 Å². The first kappa shape index (κ1) is 16.4. The summed E-state index contributed by atoms with van der Waals surface area (Å²) in [4.78, 5) is 0. The fourth-order valence-electron chi connectivity index (χ4n) is 3.63. The molecule has 0 heterocycles. The maximum atomic E-state index is 6.78. The van der Waals surface area contributed by atoms with Gasteiger partial charge in [-0.3, -0.25) is 0 Å². The fourth-order valence-corrected chi connectivity index (χ4v) is 3.63. The molecule has 0 atom stereocenters. The first-order valence-electron chi connectivity index (χ1n) is 8.44. The molecule has 0 spiro atoms. The third kappa shape index (κ3) is 3.42. The van der Waals surface area contributed by atoms with Crippen molar-refractivity contribution in [1.82, 2.24) is 0 Å². The van der Waals surface area contributed by atoms with Crippen molar-refractivity contribution in [2.45, 2.75) is 65.3 Å². The Morgan fingerprint density at radius 2 is 1.81 bits per heavy atom. The van der Waals surface area contributed by atoms with Gasteiger partial charge in [-0.15, -0.1) is 0 Å². The molecule has 0 bridgehead atoms. The zero-order valence-corrected chi connectivity index (χ0v) is 14.1. The van der Waals surface area contributed by atoms with E-state index in [0.717, 1.165) is 24.5 Å². The Balaban J connectivity index is 2.16. The van der Waals surface area contributed by atoms with E-state index < -0.39 is 0 Å². The highest BCUT2D eigenvalue weighted by atomic mass is 16.5. The van der Waals surface area contributed by atoms with E-state index in [1.807, 2.05) is 13.0 Å². The SMILES string of the molecule is CCOc1ccccc1C1(N)CCC(C(C)(C)CC)CC1. The molecular weight excluding hydrogens is 258 g/mol. The summed E-state index contributed by atoms with van der Waals surface area (Å²) in [5.41, 5.74) is 8.19. The summed E-state index contributed by atoms with van der Waals surface area (Å²) in [6, 6.07) is 8.31. The molecule has 2 N–H and O–H groups in total. The van der Waals surface area contributed by atoms with Gasteiger partial charge in [-0.2, -0.15) is 0 Å². The highest BCUT2D eigenvalue weighted by Crippen LogP contribution is 2.47. The quantitative estimate of drug-likeness (QED) is 0.839. The van der Waals surface area contributed by atoms with E-state index in [4.69, 9.17) is 10.5 Å². The van der Waals surface area contributed by atoms with Gasteiger partial charge < -0.3 is 10.5 Å². The van der Waals surface area contributed by atoms with Gasteiger partial charge in [0.1, 0.15) is 5.75 Å². The normalized spacial score (nSPS) is 26.6. The molecule has 118 valence electrons. The molecule has 2 rings (SSSR count). The summed E-state index contributed by atoms with van der Waals surface area (Å²) >= 11 is 0. The number of ether oxygens (including phenoxy) is 1. The Hall–Kier alpha value is -1.02. The lowest BCUT2D eigenvalue weighted by Crippen LogP contribution is -2.43. The minimum Gasteiger partial charge on any atom is -0.494 e. The molecule has 1 aromatic rings. The summed E-state index contributed by atoms with van der Waals surface area (Å²) in [6.07, 6.45) is 5.80. The molecule has 1 fully saturated rings. The van der Waals surface area contributed by atoms with Crippen LogP contribution in [0.2, 0.25) is 0 Å². The first-order valence-corrected chi connectivity index (χ1v) is 8.44. The maximum Gasteiger partial charge on any atom is 0.124 e. The second kappa shape index (κ2) is 6.39. The van der Waals surface area contributed by atoms with Crippen molar-refractivity contribution in [3.05, 3.63) is 29.8 Å². The van der Waals surface area contributed by atoms with Gasteiger partial charge in [-0.05, 0) is 50.0 Å². The van der Waals surface area contributed by atoms with E-state index in [1.54, 1.807) is 0 Å². The first-order chi connectivity index (χ1) is 9.93. The zero-order valence-electron chi connectivity index (χ0n) is 14.1. The number of nitrogens with two attached hydrogens (primary N) is 1. The number of rotatable bonds is 5. The fraction of sp³-hybridized carbons (Fsp3) is 0.684. The molecule has 1 aliphatic rings. The predicted molar refractivity (Wildman–Crippen MR) is 89.5 cm³/mol. The average Bonchev–Trinajstić information content (AvgIpc) is 2.48. The standard InChI is InChI=1S/C19H31NO/c1-5-18(3,4)15-11-13-19(20,14-12-15)16-9-7-8-10-17(16)21-6-2/h7-10,15H,5-6,11-14,20H2,1-4H3. The second-order valence-corrected chi connectivity index (χ2v) is 7.20. The summed E-state index contributed by atoms with van der Waals surface area (Å²) in [7, 11) is 0. The lowest BCUT2D eigenvalue weighted by Gasteiger charge is -2.43. The molecule has 2 heteroatoms. The van der Waals surface area contributed by atoms with Gasteiger partial charge in [0.25, 0.3) is 0 Å². The summed E-state index contributed by atoms with van der Waals surface area (Å²) in [5.74, 6) is 1.76. The van der Waals surface area contributed by atoms with Crippen molar-refractivity contribution in [3.8, 4) is 5.75 Å². The molecule has 0 aliphatic heterocycles. The van der Waals surface area contributed by atoms with Crippen molar-refractivity contribution in [3.63, 3.8) is 0 Å². The van der Waals surface area contributed by atoms with Crippen molar-refractivity contribution >= 4 is 0 Å². The topological polar surface area (TPSA) is 35.2 Å². The lowest BCUT2D eigenvalue weighted by atomic mass is 9.64. The minimum absolute atomic E-state index is 0.216. The van der Waals surface area contributed by atoms with Gasteiger partial charge in [0.15, 0.2) is 0 Å². The van der Waals surface area contributed by atoms with Gasteiger partial charge in [0.05, 0.1) is 6.61 Å². The van der Waals surface area contributed by atoms with Crippen LogP contribution in [0.25, 0.3) is 0 Å². The molecule has 2 nitrogen and oxygen atoms in total. The monoisotopic (exact) mass is 289 g/mol. The molecule has 0 aromatic heterocycles. The van der Waals surface area contributed by atoms with E-state index in [1.165, 1.54) is 24.8 Å². The zero-order chi connectivity index (χ0) is 15.5. The maximum absolute atomic E-state index is 6.78. The van der Waals surface area contributed by atoms with Gasteiger partial charge in [-0.1, -0.05) is 45.4 Å². The number of benzene rings is 1. The van der Waals surface area contributed by atoms with Crippen LogP contribution in [0.4, 0.5) is 0 Å². The predicted octanol–water partition coefficient (Wildman–Crippen LogP) is 4.87. The van der Waals surface area contributed by atoms with Crippen molar-refractivity contribution in [1.29, 1.82) is 0 Å². The lowest BCUT2D eigenvalue weighted by molar-refractivity contribution is 0.113. The molecular formula is C19H31NO. The summed E-state index contributed by atoms with van der Waals surface area (Å²) in [6.45, 7) is 9.82. The van der Waals surface area contributed by atoms with Crippen LogP contribution in [0.3, 0.4) is 0 Å². The molecule has 1 aromatic carbocycles. The van der Waals surface area contributed by atoms with Crippen LogP contribution in [-0.4, -0.2) is 6.61 Å².